The molecule has 0 saturated heterocycles. The van der Waals surface area contributed by atoms with Gasteiger partial charge in [-0.05, 0) is 18.7 Å². The van der Waals surface area contributed by atoms with Crippen molar-refractivity contribution in [3.8, 4) is 0 Å². The molecule has 102 valence electrons. The van der Waals surface area contributed by atoms with E-state index >= 15 is 0 Å². The van der Waals surface area contributed by atoms with Crippen molar-refractivity contribution in [3.63, 3.8) is 0 Å². The first-order chi connectivity index (χ1) is 8.54. The van der Waals surface area contributed by atoms with Crippen molar-refractivity contribution in [2.24, 2.45) is 0 Å². The molecule has 0 saturated carbocycles. The van der Waals surface area contributed by atoms with Gasteiger partial charge in [0, 0.05) is 36.3 Å². The van der Waals surface area contributed by atoms with Gasteiger partial charge in [0.1, 0.15) is 5.82 Å². The van der Waals surface area contributed by atoms with Crippen LogP contribution in [0, 0.1) is 5.82 Å². The van der Waals surface area contributed by atoms with Crippen LogP contribution in [-0.2, 0) is 6.54 Å². The number of nitrogens with one attached hydrogen (secondary N) is 1. The highest BCUT2D eigenvalue weighted by Gasteiger charge is 2.11. The Balaban J connectivity index is 2.57. The maximum absolute atomic E-state index is 13.7. The van der Waals surface area contributed by atoms with Crippen molar-refractivity contribution in [1.82, 2.24) is 10.2 Å². The molecule has 0 aromatic heterocycles. The first-order valence-corrected chi connectivity index (χ1v) is 6.81. The minimum Gasteiger partial charge on any atom is -0.313 e. The highest BCUT2D eigenvalue weighted by atomic mass is 35.5. The highest BCUT2D eigenvalue weighted by Crippen LogP contribution is 2.20. The molecule has 0 atom stereocenters. The molecule has 2 nitrogen and oxygen atoms in total. The molecule has 1 rings (SSSR count). The van der Waals surface area contributed by atoms with E-state index in [1.807, 2.05) is 0 Å². The summed E-state index contributed by atoms with van der Waals surface area (Å²) in [4.78, 5) is 2.18. The van der Waals surface area contributed by atoms with Gasteiger partial charge in [0.15, 0.2) is 0 Å². The molecule has 4 heteroatoms. The lowest BCUT2D eigenvalue weighted by atomic mass is 10.2. The van der Waals surface area contributed by atoms with E-state index in [2.05, 4.69) is 31.0 Å². The molecule has 0 aliphatic rings. The number of nitrogens with zero attached hydrogens (tertiary/aromatic N) is 1. The Bertz CT molecular complexity index is 349. The molecule has 0 amide bonds. The van der Waals surface area contributed by atoms with Crippen molar-refractivity contribution in [1.29, 1.82) is 0 Å². The fourth-order valence-electron chi connectivity index (χ4n) is 1.77. The van der Waals surface area contributed by atoms with Gasteiger partial charge in [-0.15, -0.1) is 0 Å². The van der Waals surface area contributed by atoms with Gasteiger partial charge >= 0.3 is 0 Å². The Morgan fingerprint density at radius 3 is 2.67 bits per heavy atom. The van der Waals surface area contributed by atoms with E-state index in [0.29, 0.717) is 23.2 Å². The third kappa shape index (κ3) is 4.92. The highest BCUT2D eigenvalue weighted by molar-refractivity contribution is 6.31. The van der Waals surface area contributed by atoms with Crippen LogP contribution in [0.5, 0.6) is 0 Å². The van der Waals surface area contributed by atoms with Crippen molar-refractivity contribution < 1.29 is 4.39 Å². The molecule has 0 bridgehead atoms. The van der Waals surface area contributed by atoms with E-state index in [1.165, 1.54) is 6.07 Å². The van der Waals surface area contributed by atoms with E-state index in [9.17, 15) is 4.39 Å². The summed E-state index contributed by atoms with van der Waals surface area (Å²) in [6.07, 6.45) is 0. The summed E-state index contributed by atoms with van der Waals surface area (Å²) in [7, 11) is 0. The zero-order valence-corrected chi connectivity index (χ0v) is 12.1. The average Bonchev–Trinajstić information content (AvgIpc) is 2.31. The number of rotatable bonds is 7. The van der Waals surface area contributed by atoms with Crippen LogP contribution in [0.15, 0.2) is 18.2 Å². The van der Waals surface area contributed by atoms with Crippen LogP contribution in [0.4, 0.5) is 4.39 Å². The molecule has 0 radical (unpaired) electrons. The molecule has 0 aliphatic carbocycles. The van der Waals surface area contributed by atoms with Gasteiger partial charge in [-0.3, -0.25) is 4.90 Å². The smallest absolute Gasteiger partial charge is 0.129 e. The Hall–Kier alpha value is -0.640. The molecule has 0 spiro atoms. The van der Waals surface area contributed by atoms with E-state index in [0.717, 1.165) is 19.6 Å². The van der Waals surface area contributed by atoms with Crippen LogP contribution in [0.2, 0.25) is 5.02 Å². The van der Waals surface area contributed by atoms with Crippen molar-refractivity contribution in [2.75, 3.05) is 19.6 Å². The summed E-state index contributed by atoms with van der Waals surface area (Å²) in [5.74, 6) is -0.224. The van der Waals surface area contributed by atoms with Crippen LogP contribution in [0.3, 0.4) is 0 Å². The summed E-state index contributed by atoms with van der Waals surface area (Å²) in [6, 6.07) is 5.31. The van der Waals surface area contributed by atoms with E-state index in [4.69, 9.17) is 11.6 Å². The van der Waals surface area contributed by atoms with Crippen molar-refractivity contribution in [3.05, 3.63) is 34.6 Å². The monoisotopic (exact) mass is 272 g/mol. The fourth-order valence-corrected chi connectivity index (χ4v) is 1.99. The quantitative estimate of drug-likeness (QED) is 0.819. The van der Waals surface area contributed by atoms with Crippen LogP contribution >= 0.6 is 11.6 Å². The Labute approximate surface area is 114 Å². The van der Waals surface area contributed by atoms with Crippen LogP contribution < -0.4 is 5.32 Å². The van der Waals surface area contributed by atoms with Gasteiger partial charge in [0.25, 0.3) is 0 Å². The Morgan fingerprint density at radius 1 is 1.39 bits per heavy atom. The summed E-state index contributed by atoms with van der Waals surface area (Å²) in [5.41, 5.74) is 0.588. The molecule has 0 unspecified atom stereocenters. The molecule has 1 N–H and O–H groups in total. The van der Waals surface area contributed by atoms with Crippen LogP contribution in [0.25, 0.3) is 0 Å². The first kappa shape index (κ1) is 15.4. The Morgan fingerprint density at radius 2 is 2.11 bits per heavy atom. The molecule has 0 fully saturated rings. The van der Waals surface area contributed by atoms with Gasteiger partial charge < -0.3 is 5.32 Å². The van der Waals surface area contributed by atoms with E-state index in [-0.39, 0.29) is 5.82 Å². The van der Waals surface area contributed by atoms with E-state index < -0.39 is 0 Å². The Kier molecular flexibility index (Phi) is 6.61. The van der Waals surface area contributed by atoms with Gasteiger partial charge in [0.05, 0.1) is 0 Å². The SMILES string of the molecule is CCN(CCNC(C)C)Cc1c(F)cccc1Cl. The van der Waals surface area contributed by atoms with Crippen LogP contribution in [0.1, 0.15) is 26.3 Å². The summed E-state index contributed by atoms with van der Waals surface area (Å²) >= 11 is 6.03. The first-order valence-electron chi connectivity index (χ1n) is 6.43. The predicted octanol–water partition coefficient (Wildman–Crippen LogP) is 3.30. The molecule has 0 aliphatic heterocycles. The lowest BCUT2D eigenvalue weighted by Crippen LogP contribution is -2.34. The van der Waals surface area contributed by atoms with E-state index in [1.54, 1.807) is 12.1 Å². The van der Waals surface area contributed by atoms with Crippen molar-refractivity contribution in [2.45, 2.75) is 33.4 Å². The number of benzene rings is 1. The second-order valence-electron chi connectivity index (χ2n) is 4.68. The number of hydrogen-bond donors (Lipinski definition) is 1. The third-order valence-electron chi connectivity index (χ3n) is 2.87. The minimum atomic E-state index is -0.224. The molecular formula is C14H22ClFN2. The largest absolute Gasteiger partial charge is 0.313 e. The van der Waals surface area contributed by atoms with Gasteiger partial charge in [-0.25, -0.2) is 4.39 Å². The predicted molar refractivity (Wildman–Crippen MR) is 75.5 cm³/mol. The minimum absolute atomic E-state index is 0.224. The molecular weight excluding hydrogens is 251 g/mol. The second-order valence-corrected chi connectivity index (χ2v) is 5.09. The molecule has 0 heterocycles. The third-order valence-corrected chi connectivity index (χ3v) is 3.23. The summed E-state index contributed by atoms with van der Waals surface area (Å²) in [6.45, 7) is 9.53. The number of likely N-dealkylation sites (N-methyl/N-ethyl adjacent to an activating group) is 1. The molecule has 1 aromatic rings. The number of hydrogen-bond acceptors (Lipinski definition) is 2. The van der Waals surface area contributed by atoms with Crippen molar-refractivity contribution >= 4 is 11.6 Å². The zero-order chi connectivity index (χ0) is 13.5. The maximum Gasteiger partial charge on any atom is 0.129 e. The fraction of sp³-hybridized carbons (Fsp3) is 0.571. The molecule has 18 heavy (non-hydrogen) atoms. The second kappa shape index (κ2) is 7.72. The standard InChI is InChI=1S/C14H22ClFN2/c1-4-18(9-8-17-11(2)3)10-12-13(15)6-5-7-14(12)16/h5-7,11,17H,4,8-10H2,1-3H3. The van der Waals surface area contributed by atoms with Gasteiger partial charge in [0.2, 0.25) is 0 Å². The normalized spacial score (nSPS) is 11.5. The lowest BCUT2D eigenvalue weighted by Gasteiger charge is -2.22. The topological polar surface area (TPSA) is 15.3 Å². The number of halogens is 2. The molecule has 1 aromatic carbocycles. The summed E-state index contributed by atoms with van der Waals surface area (Å²) in [5, 5.41) is 3.86. The van der Waals surface area contributed by atoms with Gasteiger partial charge in [-0.2, -0.15) is 0 Å². The lowest BCUT2D eigenvalue weighted by molar-refractivity contribution is 0.272. The zero-order valence-electron chi connectivity index (χ0n) is 11.3. The van der Waals surface area contributed by atoms with Crippen LogP contribution in [-0.4, -0.2) is 30.6 Å². The summed E-state index contributed by atoms with van der Waals surface area (Å²) < 4.78 is 13.7. The average molecular weight is 273 g/mol. The van der Waals surface area contributed by atoms with Gasteiger partial charge in [-0.1, -0.05) is 38.4 Å². The maximum atomic E-state index is 13.7.